The summed E-state index contributed by atoms with van der Waals surface area (Å²) in [7, 11) is 0. The molecule has 2 N–H and O–H groups in total. The molecule has 5 heteroatoms. The monoisotopic (exact) mass is 370 g/mol. The molecule has 0 saturated carbocycles. The molecule has 0 radical (unpaired) electrons. The summed E-state index contributed by atoms with van der Waals surface area (Å²) in [5.74, 6) is 1.01. The van der Waals surface area contributed by atoms with E-state index in [1.807, 2.05) is 17.0 Å². The van der Waals surface area contributed by atoms with Crippen molar-refractivity contribution in [3.63, 3.8) is 0 Å². The Bertz CT molecular complexity index is 725. The number of nitrogens with zero attached hydrogens (tertiary/aromatic N) is 1. The summed E-state index contributed by atoms with van der Waals surface area (Å²) in [6.07, 6.45) is 4.02. The van der Waals surface area contributed by atoms with E-state index in [4.69, 9.17) is 5.11 Å². The SMILES string of the molecule is O=C1CCCN1Cc1ccc(F)cc1.Oc1ccc(C2CCNCC2)cc1. The van der Waals surface area contributed by atoms with Crippen LogP contribution < -0.4 is 5.32 Å². The smallest absolute Gasteiger partial charge is 0.222 e. The van der Waals surface area contributed by atoms with Gasteiger partial charge in [-0.2, -0.15) is 0 Å². The highest BCUT2D eigenvalue weighted by molar-refractivity contribution is 5.78. The number of benzene rings is 2. The van der Waals surface area contributed by atoms with Crippen LogP contribution in [0.3, 0.4) is 0 Å². The second-order valence-electron chi connectivity index (χ2n) is 7.16. The Morgan fingerprint density at radius 2 is 1.70 bits per heavy atom. The van der Waals surface area contributed by atoms with Crippen LogP contribution in [0.2, 0.25) is 0 Å². The molecule has 2 aliphatic heterocycles. The van der Waals surface area contributed by atoms with Crippen molar-refractivity contribution in [2.75, 3.05) is 19.6 Å². The first-order valence-corrected chi connectivity index (χ1v) is 9.63. The van der Waals surface area contributed by atoms with Crippen molar-refractivity contribution in [1.82, 2.24) is 10.2 Å². The maximum atomic E-state index is 12.6. The number of halogens is 1. The van der Waals surface area contributed by atoms with Crippen molar-refractivity contribution >= 4 is 5.91 Å². The van der Waals surface area contributed by atoms with E-state index in [9.17, 15) is 9.18 Å². The number of amides is 1. The van der Waals surface area contributed by atoms with E-state index in [0.29, 0.717) is 24.6 Å². The highest BCUT2D eigenvalue weighted by atomic mass is 19.1. The molecular weight excluding hydrogens is 343 g/mol. The second kappa shape index (κ2) is 9.51. The fourth-order valence-corrected chi connectivity index (χ4v) is 3.58. The first-order chi connectivity index (χ1) is 13.1. The molecule has 0 atom stereocenters. The van der Waals surface area contributed by atoms with E-state index >= 15 is 0 Å². The van der Waals surface area contributed by atoms with Gasteiger partial charge in [0.05, 0.1) is 0 Å². The predicted molar refractivity (Wildman–Crippen MR) is 104 cm³/mol. The van der Waals surface area contributed by atoms with Crippen LogP contribution in [0.5, 0.6) is 5.75 Å². The van der Waals surface area contributed by atoms with Crippen LogP contribution in [0.1, 0.15) is 42.7 Å². The van der Waals surface area contributed by atoms with Gasteiger partial charge in [0.25, 0.3) is 0 Å². The van der Waals surface area contributed by atoms with E-state index in [1.165, 1.54) is 30.5 Å². The minimum atomic E-state index is -0.235. The van der Waals surface area contributed by atoms with E-state index in [1.54, 1.807) is 24.3 Å². The zero-order chi connectivity index (χ0) is 19.1. The van der Waals surface area contributed by atoms with Crippen LogP contribution in [-0.2, 0) is 11.3 Å². The molecule has 27 heavy (non-hydrogen) atoms. The number of nitrogens with one attached hydrogen (secondary N) is 1. The van der Waals surface area contributed by atoms with Gasteiger partial charge in [-0.25, -0.2) is 4.39 Å². The number of piperidine rings is 1. The maximum Gasteiger partial charge on any atom is 0.222 e. The van der Waals surface area contributed by atoms with Gasteiger partial charge in [-0.1, -0.05) is 24.3 Å². The summed E-state index contributed by atoms with van der Waals surface area (Å²) < 4.78 is 12.6. The first-order valence-electron chi connectivity index (χ1n) is 9.63. The molecule has 0 unspecified atom stereocenters. The molecule has 2 saturated heterocycles. The van der Waals surface area contributed by atoms with E-state index in [2.05, 4.69) is 5.32 Å². The Kier molecular flexibility index (Phi) is 6.82. The number of phenolic OH excluding ortho intramolecular Hbond substituents is 1. The zero-order valence-corrected chi connectivity index (χ0v) is 15.5. The Balaban J connectivity index is 0.000000156. The Labute approximate surface area is 160 Å². The normalized spacial score (nSPS) is 17.5. The summed E-state index contributed by atoms with van der Waals surface area (Å²) >= 11 is 0. The first kappa shape index (κ1) is 19.4. The molecule has 4 rings (SSSR count). The lowest BCUT2D eigenvalue weighted by atomic mass is 9.90. The van der Waals surface area contributed by atoms with Crippen LogP contribution in [0.25, 0.3) is 0 Å². The average molecular weight is 370 g/mol. The zero-order valence-electron chi connectivity index (χ0n) is 15.5. The Morgan fingerprint density at radius 1 is 1.04 bits per heavy atom. The number of carbonyl (C=O) groups excluding carboxylic acids is 1. The van der Waals surface area contributed by atoms with Gasteiger partial charge >= 0.3 is 0 Å². The van der Waals surface area contributed by atoms with Crippen LogP contribution in [-0.4, -0.2) is 35.5 Å². The lowest BCUT2D eigenvalue weighted by Gasteiger charge is -2.22. The quantitative estimate of drug-likeness (QED) is 0.864. The molecular formula is C22H27FN2O2. The van der Waals surface area contributed by atoms with E-state index in [0.717, 1.165) is 31.6 Å². The largest absolute Gasteiger partial charge is 0.508 e. The molecule has 2 fully saturated rings. The molecule has 2 heterocycles. The van der Waals surface area contributed by atoms with Gasteiger partial charge in [0.15, 0.2) is 0 Å². The van der Waals surface area contributed by atoms with Crippen molar-refractivity contribution < 1.29 is 14.3 Å². The number of phenols is 1. The minimum Gasteiger partial charge on any atom is -0.508 e. The Hall–Kier alpha value is -2.40. The van der Waals surface area contributed by atoms with Gasteiger partial charge in [-0.15, -0.1) is 0 Å². The molecule has 2 aromatic rings. The molecule has 2 aliphatic rings. The molecule has 1 amide bonds. The third-order valence-corrected chi connectivity index (χ3v) is 5.16. The van der Waals surface area contributed by atoms with Crippen molar-refractivity contribution in [3.05, 3.63) is 65.5 Å². The molecule has 4 nitrogen and oxygen atoms in total. The summed E-state index contributed by atoms with van der Waals surface area (Å²) in [6.45, 7) is 3.67. The molecule has 0 aromatic heterocycles. The highest BCUT2D eigenvalue weighted by Gasteiger charge is 2.19. The highest BCUT2D eigenvalue weighted by Crippen LogP contribution is 2.26. The lowest BCUT2D eigenvalue weighted by Crippen LogP contribution is -2.26. The number of hydrogen-bond donors (Lipinski definition) is 2. The number of hydrogen-bond acceptors (Lipinski definition) is 3. The number of likely N-dealkylation sites (tertiary alicyclic amines) is 1. The van der Waals surface area contributed by atoms with Gasteiger partial charge in [0.2, 0.25) is 5.91 Å². The molecule has 0 spiro atoms. The minimum absolute atomic E-state index is 0.203. The predicted octanol–water partition coefficient (Wildman–Crippen LogP) is 3.81. The van der Waals surface area contributed by atoms with Gasteiger partial charge < -0.3 is 15.3 Å². The van der Waals surface area contributed by atoms with Crippen molar-refractivity contribution in [3.8, 4) is 5.75 Å². The molecule has 0 bridgehead atoms. The van der Waals surface area contributed by atoms with Gasteiger partial charge in [0.1, 0.15) is 11.6 Å². The summed E-state index contributed by atoms with van der Waals surface area (Å²) in [5, 5.41) is 12.5. The number of carbonyl (C=O) groups is 1. The number of rotatable bonds is 3. The number of aromatic hydroxyl groups is 1. The summed E-state index contributed by atoms with van der Waals surface area (Å²) in [5.41, 5.74) is 2.35. The fourth-order valence-electron chi connectivity index (χ4n) is 3.58. The second-order valence-corrected chi connectivity index (χ2v) is 7.16. The maximum absolute atomic E-state index is 12.6. The average Bonchev–Trinajstić information content (AvgIpc) is 3.10. The van der Waals surface area contributed by atoms with Crippen molar-refractivity contribution in [2.45, 2.75) is 38.1 Å². The van der Waals surface area contributed by atoms with Crippen molar-refractivity contribution in [1.29, 1.82) is 0 Å². The fraction of sp³-hybridized carbons (Fsp3) is 0.409. The third kappa shape index (κ3) is 5.79. The topological polar surface area (TPSA) is 52.6 Å². The molecule has 0 aliphatic carbocycles. The van der Waals surface area contributed by atoms with E-state index < -0.39 is 0 Å². The van der Waals surface area contributed by atoms with Gasteiger partial charge in [-0.05, 0) is 73.7 Å². The van der Waals surface area contributed by atoms with Crippen LogP contribution >= 0.6 is 0 Å². The van der Waals surface area contributed by atoms with Crippen LogP contribution in [0.15, 0.2) is 48.5 Å². The van der Waals surface area contributed by atoms with Gasteiger partial charge in [0, 0.05) is 19.5 Å². The standard InChI is InChI=1S/C11H12FNO.C11H15NO/c12-10-5-3-9(4-6-10)8-13-7-1-2-11(13)14;13-11-3-1-9(2-4-11)10-5-7-12-8-6-10/h3-6H,1-2,7-8H2;1-4,10,12-13H,5-8H2. The molecule has 2 aromatic carbocycles. The van der Waals surface area contributed by atoms with Crippen molar-refractivity contribution in [2.24, 2.45) is 0 Å². The van der Waals surface area contributed by atoms with Gasteiger partial charge in [-0.3, -0.25) is 4.79 Å². The van der Waals surface area contributed by atoms with E-state index in [-0.39, 0.29) is 11.7 Å². The lowest BCUT2D eigenvalue weighted by molar-refractivity contribution is -0.128. The Morgan fingerprint density at radius 3 is 2.30 bits per heavy atom. The molecule has 144 valence electrons. The summed E-state index contributed by atoms with van der Waals surface area (Å²) in [4.78, 5) is 13.1. The third-order valence-electron chi connectivity index (χ3n) is 5.16. The summed E-state index contributed by atoms with van der Waals surface area (Å²) in [6, 6.07) is 13.9. The van der Waals surface area contributed by atoms with Crippen LogP contribution in [0, 0.1) is 5.82 Å². The van der Waals surface area contributed by atoms with Crippen LogP contribution in [0.4, 0.5) is 4.39 Å².